The van der Waals surface area contributed by atoms with Crippen molar-refractivity contribution in [1.29, 1.82) is 0 Å². The Morgan fingerprint density at radius 1 is 1.71 bits per heavy atom. The first-order chi connectivity index (χ1) is 6.77. The summed E-state index contributed by atoms with van der Waals surface area (Å²) >= 11 is 5.00. The van der Waals surface area contributed by atoms with Crippen LogP contribution < -0.4 is 0 Å². The Bertz CT molecular complexity index is 272. The van der Waals surface area contributed by atoms with Gasteiger partial charge >= 0.3 is 5.97 Å². The van der Waals surface area contributed by atoms with Gasteiger partial charge in [-0.1, -0.05) is 15.9 Å². The Labute approximate surface area is 96.4 Å². The summed E-state index contributed by atoms with van der Waals surface area (Å²) in [5.74, 6) is -0.135. The smallest absolute Gasteiger partial charge is 0.309 e. The molecule has 0 saturated carbocycles. The number of hydrogen-bond acceptors (Lipinski definition) is 3. The molecule has 0 N–H and O–H groups in total. The number of methoxy groups -OCH3 is 1. The third-order valence-corrected chi connectivity index (χ3v) is 3.24. The highest BCUT2D eigenvalue weighted by Crippen LogP contribution is 2.17. The molecule has 0 amide bonds. The quantitative estimate of drug-likeness (QED) is 0.611. The van der Waals surface area contributed by atoms with Crippen molar-refractivity contribution in [2.24, 2.45) is 5.92 Å². The van der Waals surface area contributed by atoms with Gasteiger partial charge in [0.05, 0.1) is 13.0 Å². The molecule has 0 radical (unpaired) electrons. The number of halogens is 1. The fraction of sp³-hybridized carbons (Fsp3) is 0.500. The van der Waals surface area contributed by atoms with Crippen LogP contribution in [0.25, 0.3) is 0 Å². The minimum Gasteiger partial charge on any atom is -0.469 e. The molecule has 78 valence electrons. The van der Waals surface area contributed by atoms with E-state index in [9.17, 15) is 4.79 Å². The average molecular weight is 277 g/mol. The van der Waals surface area contributed by atoms with E-state index in [1.807, 2.05) is 5.38 Å². The van der Waals surface area contributed by atoms with Crippen molar-refractivity contribution in [3.05, 3.63) is 22.4 Å². The van der Waals surface area contributed by atoms with Crippen molar-refractivity contribution in [3.63, 3.8) is 0 Å². The zero-order valence-electron chi connectivity index (χ0n) is 8.03. The monoisotopic (exact) mass is 276 g/mol. The molecule has 1 heterocycles. The van der Waals surface area contributed by atoms with Crippen LogP contribution in [-0.2, 0) is 16.0 Å². The molecule has 1 atom stereocenters. The van der Waals surface area contributed by atoms with E-state index in [0.29, 0.717) is 0 Å². The lowest BCUT2D eigenvalue weighted by molar-refractivity contribution is -0.145. The molecule has 2 nitrogen and oxygen atoms in total. The Balaban J connectivity index is 2.55. The van der Waals surface area contributed by atoms with Crippen LogP contribution in [-0.4, -0.2) is 18.4 Å². The molecule has 0 aliphatic carbocycles. The number of rotatable bonds is 5. The summed E-state index contributed by atoms with van der Waals surface area (Å²) in [7, 11) is 1.44. The molecule has 0 bridgehead atoms. The maximum atomic E-state index is 11.4. The largest absolute Gasteiger partial charge is 0.469 e. The molecule has 0 aromatic carbocycles. The molecule has 0 saturated heterocycles. The van der Waals surface area contributed by atoms with Crippen molar-refractivity contribution in [3.8, 4) is 0 Å². The van der Waals surface area contributed by atoms with Gasteiger partial charge in [-0.05, 0) is 35.2 Å². The zero-order valence-corrected chi connectivity index (χ0v) is 10.4. The van der Waals surface area contributed by atoms with Crippen molar-refractivity contribution in [1.82, 2.24) is 0 Å². The Kier molecular flexibility index (Phi) is 5.19. The van der Waals surface area contributed by atoms with Gasteiger partial charge in [-0.25, -0.2) is 0 Å². The third-order valence-electron chi connectivity index (χ3n) is 2.05. The van der Waals surface area contributed by atoms with Crippen LogP contribution >= 0.6 is 27.3 Å². The average Bonchev–Trinajstić information content (AvgIpc) is 2.68. The topological polar surface area (TPSA) is 26.3 Å². The summed E-state index contributed by atoms with van der Waals surface area (Å²) in [6.07, 6.45) is 1.60. The lowest BCUT2D eigenvalue weighted by Gasteiger charge is -2.11. The van der Waals surface area contributed by atoms with Crippen LogP contribution in [0.2, 0.25) is 0 Å². The highest BCUT2D eigenvalue weighted by Gasteiger charge is 2.18. The van der Waals surface area contributed by atoms with Gasteiger partial charge in [0, 0.05) is 5.33 Å². The number of ether oxygens (including phenoxy) is 1. The van der Waals surface area contributed by atoms with Crippen molar-refractivity contribution in [2.45, 2.75) is 12.8 Å². The van der Waals surface area contributed by atoms with Gasteiger partial charge in [-0.2, -0.15) is 11.3 Å². The van der Waals surface area contributed by atoms with E-state index in [0.717, 1.165) is 18.2 Å². The second-order valence-electron chi connectivity index (χ2n) is 3.03. The van der Waals surface area contributed by atoms with E-state index in [1.165, 1.54) is 12.7 Å². The molecule has 1 aromatic heterocycles. The summed E-state index contributed by atoms with van der Waals surface area (Å²) < 4.78 is 4.76. The first-order valence-corrected chi connectivity index (χ1v) is 6.49. The van der Waals surface area contributed by atoms with Crippen LogP contribution in [0.1, 0.15) is 12.0 Å². The number of carbonyl (C=O) groups excluding carboxylic acids is 1. The lowest BCUT2D eigenvalue weighted by atomic mass is 9.99. The molecule has 1 aromatic rings. The molecule has 14 heavy (non-hydrogen) atoms. The van der Waals surface area contributed by atoms with E-state index >= 15 is 0 Å². The number of alkyl halides is 1. The van der Waals surface area contributed by atoms with E-state index in [-0.39, 0.29) is 11.9 Å². The SMILES string of the molecule is COC(=O)C(CCBr)Cc1ccsc1. The normalized spacial score (nSPS) is 12.4. The molecule has 1 unspecified atom stereocenters. The van der Waals surface area contributed by atoms with Crippen LogP contribution in [0.5, 0.6) is 0 Å². The van der Waals surface area contributed by atoms with Crippen molar-refractivity contribution >= 4 is 33.2 Å². The minimum atomic E-state index is -0.115. The molecular weight excluding hydrogens is 264 g/mol. The molecule has 0 aliphatic heterocycles. The lowest BCUT2D eigenvalue weighted by Crippen LogP contribution is -2.18. The van der Waals surface area contributed by atoms with E-state index < -0.39 is 0 Å². The first-order valence-electron chi connectivity index (χ1n) is 4.42. The van der Waals surface area contributed by atoms with Crippen LogP contribution in [0.3, 0.4) is 0 Å². The van der Waals surface area contributed by atoms with E-state index in [1.54, 1.807) is 11.3 Å². The van der Waals surface area contributed by atoms with E-state index in [2.05, 4.69) is 27.4 Å². The van der Waals surface area contributed by atoms with Gasteiger partial charge in [0.1, 0.15) is 0 Å². The fourth-order valence-corrected chi connectivity index (χ4v) is 2.53. The molecule has 0 spiro atoms. The summed E-state index contributed by atoms with van der Waals surface area (Å²) in [5, 5.41) is 4.93. The van der Waals surface area contributed by atoms with Gasteiger partial charge < -0.3 is 4.74 Å². The molecule has 4 heteroatoms. The number of thiophene rings is 1. The van der Waals surface area contributed by atoms with Gasteiger partial charge in [-0.15, -0.1) is 0 Å². The highest BCUT2D eigenvalue weighted by atomic mass is 79.9. The summed E-state index contributed by atoms with van der Waals surface area (Å²) in [6, 6.07) is 2.05. The van der Waals surface area contributed by atoms with E-state index in [4.69, 9.17) is 4.74 Å². The number of hydrogen-bond donors (Lipinski definition) is 0. The van der Waals surface area contributed by atoms with Gasteiger partial charge in [0.15, 0.2) is 0 Å². The zero-order chi connectivity index (χ0) is 10.4. The first kappa shape index (κ1) is 11.7. The number of esters is 1. The molecule has 0 fully saturated rings. The predicted molar refractivity (Wildman–Crippen MR) is 61.9 cm³/mol. The fourth-order valence-electron chi connectivity index (χ4n) is 1.29. The minimum absolute atomic E-state index is 0.0195. The van der Waals surface area contributed by atoms with Crippen molar-refractivity contribution < 1.29 is 9.53 Å². The third kappa shape index (κ3) is 3.42. The molecular formula is C10H13BrO2S. The maximum absolute atomic E-state index is 11.4. The second-order valence-corrected chi connectivity index (χ2v) is 4.61. The molecule has 1 rings (SSSR count). The number of carbonyl (C=O) groups is 1. The summed E-state index contributed by atoms with van der Waals surface area (Å²) in [6.45, 7) is 0. The Morgan fingerprint density at radius 2 is 2.50 bits per heavy atom. The van der Waals surface area contributed by atoms with Gasteiger partial charge in [-0.3, -0.25) is 4.79 Å². The second kappa shape index (κ2) is 6.19. The van der Waals surface area contributed by atoms with Gasteiger partial charge in [0.2, 0.25) is 0 Å². The Hall–Kier alpha value is -0.350. The van der Waals surface area contributed by atoms with Crippen LogP contribution in [0.15, 0.2) is 16.8 Å². The molecule has 0 aliphatic rings. The van der Waals surface area contributed by atoms with Crippen LogP contribution in [0, 0.1) is 5.92 Å². The standard InChI is InChI=1S/C10H13BrO2S/c1-13-10(12)9(2-4-11)6-8-3-5-14-7-8/h3,5,7,9H,2,4,6H2,1H3. The highest BCUT2D eigenvalue weighted by molar-refractivity contribution is 9.09. The Morgan fingerprint density at radius 3 is 3.00 bits per heavy atom. The summed E-state index contributed by atoms with van der Waals surface area (Å²) in [4.78, 5) is 11.4. The predicted octanol–water partition coefficient (Wildman–Crippen LogP) is 2.86. The van der Waals surface area contributed by atoms with Crippen molar-refractivity contribution in [2.75, 3.05) is 12.4 Å². The van der Waals surface area contributed by atoms with Gasteiger partial charge in [0.25, 0.3) is 0 Å². The van der Waals surface area contributed by atoms with Crippen LogP contribution in [0.4, 0.5) is 0 Å². The maximum Gasteiger partial charge on any atom is 0.309 e. The summed E-state index contributed by atoms with van der Waals surface area (Å²) in [5.41, 5.74) is 1.21.